The molecular formula is C33H45N5O7S. The predicted octanol–water partition coefficient (Wildman–Crippen LogP) is 4.33. The van der Waals surface area contributed by atoms with Crippen LogP contribution in [-0.4, -0.2) is 81.6 Å². The molecule has 4 atom stereocenters. The van der Waals surface area contributed by atoms with Crippen molar-refractivity contribution in [1.29, 1.82) is 0 Å². The molecule has 1 saturated heterocycles. The summed E-state index contributed by atoms with van der Waals surface area (Å²) >= 11 is 0. The molecule has 46 heavy (non-hydrogen) atoms. The topological polar surface area (TPSA) is 179 Å². The molecule has 2 amide bonds. The van der Waals surface area contributed by atoms with Gasteiger partial charge in [-0.1, -0.05) is 56.3 Å². The van der Waals surface area contributed by atoms with E-state index < -0.39 is 41.2 Å². The first-order valence-corrected chi connectivity index (χ1v) is 16.7. The van der Waals surface area contributed by atoms with E-state index in [9.17, 15) is 23.8 Å². The quantitative estimate of drug-likeness (QED) is 0.124. The summed E-state index contributed by atoms with van der Waals surface area (Å²) in [7, 11) is -1.96. The number of anilines is 2. The molecule has 0 aliphatic carbocycles. The molecule has 0 radical (unpaired) electrons. The number of benzene rings is 3. The summed E-state index contributed by atoms with van der Waals surface area (Å²) < 4.78 is 35.1. The Balaban J connectivity index is 1.42. The van der Waals surface area contributed by atoms with Crippen LogP contribution in [0, 0.1) is 5.92 Å². The number of hydrogen-bond acceptors (Lipinski definition) is 10. The molecule has 12 nitrogen and oxygen atoms in total. The van der Waals surface area contributed by atoms with E-state index in [-0.39, 0.29) is 49.2 Å². The van der Waals surface area contributed by atoms with Gasteiger partial charge in [0.15, 0.2) is 0 Å². The van der Waals surface area contributed by atoms with Gasteiger partial charge in [0.1, 0.15) is 11.9 Å². The van der Waals surface area contributed by atoms with E-state index in [0.717, 1.165) is 5.56 Å². The molecule has 4 rings (SSSR count). The third kappa shape index (κ3) is 9.58. The Labute approximate surface area is 271 Å². The second kappa shape index (κ2) is 16.1. The normalized spacial score (nSPS) is 18.2. The summed E-state index contributed by atoms with van der Waals surface area (Å²) in [6.45, 7) is 4.29. The molecule has 3 aromatic carbocycles. The minimum absolute atomic E-state index is 0.0423. The number of nitrogens with one attached hydrogen (secondary N) is 3. The molecule has 0 bridgehead atoms. The fourth-order valence-corrected chi connectivity index (χ4v) is 6.94. The first kappa shape index (κ1) is 35.0. The van der Waals surface area contributed by atoms with Gasteiger partial charge in [-0.05, 0) is 54.3 Å². The van der Waals surface area contributed by atoms with Gasteiger partial charge in [-0.2, -0.15) is 4.31 Å². The van der Waals surface area contributed by atoms with Crippen molar-refractivity contribution >= 4 is 34.2 Å². The van der Waals surface area contributed by atoms with E-state index in [2.05, 4.69) is 16.0 Å². The number of nitrogens with zero attached hydrogens (tertiary/aromatic N) is 1. The number of ether oxygens (including phenoxy) is 2. The van der Waals surface area contributed by atoms with Gasteiger partial charge in [-0.25, -0.2) is 4.79 Å². The van der Waals surface area contributed by atoms with Gasteiger partial charge < -0.3 is 36.3 Å². The van der Waals surface area contributed by atoms with E-state index in [1.807, 2.05) is 44.2 Å². The second-order valence-electron chi connectivity index (χ2n) is 11.7. The summed E-state index contributed by atoms with van der Waals surface area (Å²) in [5.74, 6) is 0.296. The summed E-state index contributed by atoms with van der Waals surface area (Å²) in [6, 6.07) is 21.3. The molecule has 0 spiro atoms. The van der Waals surface area contributed by atoms with Crippen LogP contribution in [0.15, 0.2) is 83.8 Å². The maximum atomic E-state index is 13.2. The fourth-order valence-electron chi connectivity index (χ4n) is 5.27. The lowest BCUT2D eigenvalue weighted by molar-refractivity contribution is -0.118. The van der Waals surface area contributed by atoms with Crippen molar-refractivity contribution in [1.82, 2.24) is 14.9 Å². The predicted molar refractivity (Wildman–Crippen MR) is 180 cm³/mol. The highest BCUT2D eigenvalue weighted by Gasteiger charge is 2.35. The molecule has 1 fully saturated rings. The highest BCUT2D eigenvalue weighted by Crippen LogP contribution is 2.52. The largest absolute Gasteiger partial charge is 0.495 e. The zero-order valence-electron chi connectivity index (χ0n) is 26.3. The van der Waals surface area contributed by atoms with Crippen LogP contribution >= 0.6 is 10.8 Å². The third-order valence-electron chi connectivity index (χ3n) is 7.63. The number of carbonyl (C=O) groups is 2. The van der Waals surface area contributed by atoms with E-state index in [1.165, 1.54) is 11.4 Å². The fraction of sp³-hybridized carbons (Fsp3) is 0.394. The summed E-state index contributed by atoms with van der Waals surface area (Å²) in [6.07, 6.45) is -2.02. The zero-order chi connectivity index (χ0) is 33.3. The van der Waals surface area contributed by atoms with Crippen molar-refractivity contribution in [2.45, 2.75) is 55.9 Å². The van der Waals surface area contributed by atoms with E-state index >= 15 is 0 Å². The van der Waals surface area contributed by atoms with Crippen molar-refractivity contribution in [3.05, 3.63) is 84.4 Å². The van der Waals surface area contributed by atoms with Gasteiger partial charge in [-0.3, -0.25) is 13.9 Å². The molecule has 1 heterocycles. The second-order valence-corrected chi connectivity index (χ2v) is 13.8. The van der Waals surface area contributed by atoms with Crippen LogP contribution in [0.1, 0.15) is 25.8 Å². The number of amides is 2. The number of alkyl carbamates (subject to hydrolysis) is 1. The maximum absolute atomic E-state index is 13.2. The van der Waals surface area contributed by atoms with Crippen LogP contribution < -0.4 is 26.4 Å². The molecule has 1 aliphatic heterocycles. The van der Waals surface area contributed by atoms with Crippen molar-refractivity contribution < 1.29 is 33.3 Å². The Hall–Kier alpha value is -3.85. The molecule has 3 aromatic rings. The van der Waals surface area contributed by atoms with Gasteiger partial charge in [0.25, 0.3) is 0 Å². The van der Waals surface area contributed by atoms with E-state index in [4.69, 9.17) is 15.2 Å². The van der Waals surface area contributed by atoms with Crippen molar-refractivity contribution in [3.63, 3.8) is 0 Å². The number of carbonyl (C=O) groups excluding carboxylic acids is 2. The molecule has 8 N–H and O–H groups in total. The summed E-state index contributed by atoms with van der Waals surface area (Å²) in [5, 5.41) is 20.2. The lowest BCUT2D eigenvalue weighted by Crippen LogP contribution is -2.51. The van der Waals surface area contributed by atoms with Gasteiger partial charge in [-0.15, -0.1) is 10.8 Å². The summed E-state index contributed by atoms with van der Waals surface area (Å²) in [5.41, 5.74) is 7.69. The molecule has 250 valence electrons. The number of methoxy groups -OCH3 is 1. The standard InChI is InChI=1S/C33H45N5O7S/c1-22(2)20-38(46(42,43)26-15-13-24(34)14-16-26)21-30(39)28(17-23-9-5-4-6-10-23)37-33(41)45-25-18-29(35-19-25)32(40)36-27-11-7-8-12-31(27)44-3/h4-16,22,25,28-30,35,39,42-43H,17-21,34H2,1-3H3,(H,36,40)(H,37,41)/t25-,28+,29+,30-/m1/s1. The number of para-hydroxylation sites is 2. The lowest BCUT2D eigenvalue weighted by atomic mass is 10.0. The molecule has 0 saturated carbocycles. The molecule has 0 unspecified atom stereocenters. The van der Waals surface area contributed by atoms with Crippen LogP contribution in [0.2, 0.25) is 0 Å². The highest BCUT2D eigenvalue weighted by molar-refractivity contribution is 8.22. The number of rotatable bonds is 14. The number of aliphatic hydroxyl groups is 1. The van der Waals surface area contributed by atoms with Crippen molar-refractivity contribution in [2.24, 2.45) is 5.92 Å². The van der Waals surface area contributed by atoms with Gasteiger partial charge in [0.2, 0.25) is 5.91 Å². The first-order valence-electron chi connectivity index (χ1n) is 15.2. The van der Waals surface area contributed by atoms with Crippen LogP contribution in [0.4, 0.5) is 16.2 Å². The van der Waals surface area contributed by atoms with Gasteiger partial charge in [0, 0.05) is 31.7 Å². The van der Waals surface area contributed by atoms with E-state index in [0.29, 0.717) is 17.1 Å². The third-order valence-corrected chi connectivity index (χ3v) is 9.55. The van der Waals surface area contributed by atoms with E-state index in [1.54, 1.807) is 48.5 Å². The van der Waals surface area contributed by atoms with Gasteiger partial charge in [0.05, 0.1) is 35.9 Å². The number of nitrogens with two attached hydrogens (primary N) is 1. The number of aliphatic hydroxyl groups excluding tert-OH is 1. The Kier molecular flexibility index (Phi) is 12.3. The zero-order valence-corrected chi connectivity index (χ0v) is 27.2. The van der Waals surface area contributed by atoms with Crippen molar-refractivity contribution in [2.75, 3.05) is 37.8 Å². The van der Waals surface area contributed by atoms with Crippen LogP contribution in [0.5, 0.6) is 5.75 Å². The van der Waals surface area contributed by atoms with Crippen LogP contribution in [-0.2, 0) is 16.0 Å². The minimum Gasteiger partial charge on any atom is -0.495 e. The molecule has 13 heteroatoms. The SMILES string of the molecule is COc1ccccc1NC(=O)[C@@H]1C[C@@H](OC(=O)N[C@@H](Cc2ccccc2)[C@H](O)CN(CC(C)C)S(O)(O)c2ccc(N)cc2)CN1. The van der Waals surface area contributed by atoms with Crippen molar-refractivity contribution in [3.8, 4) is 5.75 Å². The Morgan fingerprint density at radius 3 is 2.37 bits per heavy atom. The van der Waals surface area contributed by atoms with Crippen LogP contribution in [0.3, 0.4) is 0 Å². The first-order chi connectivity index (χ1) is 22.0. The highest BCUT2D eigenvalue weighted by atomic mass is 32.3. The number of hydrogen-bond donors (Lipinski definition) is 7. The lowest BCUT2D eigenvalue weighted by Gasteiger charge is -2.45. The molecule has 0 aromatic heterocycles. The van der Waals surface area contributed by atoms with Gasteiger partial charge >= 0.3 is 6.09 Å². The Morgan fingerprint density at radius 1 is 1.02 bits per heavy atom. The average Bonchev–Trinajstić information content (AvgIpc) is 3.49. The Morgan fingerprint density at radius 2 is 1.70 bits per heavy atom. The maximum Gasteiger partial charge on any atom is 0.407 e. The van der Waals surface area contributed by atoms with Crippen LogP contribution in [0.25, 0.3) is 0 Å². The average molecular weight is 656 g/mol. The minimum atomic E-state index is -3.48. The molecule has 1 aliphatic rings. The smallest absolute Gasteiger partial charge is 0.407 e. The molecular weight excluding hydrogens is 610 g/mol. The monoisotopic (exact) mass is 655 g/mol. The number of nitrogen functional groups attached to an aromatic ring is 1. The summed E-state index contributed by atoms with van der Waals surface area (Å²) in [4.78, 5) is 26.3. The Bertz CT molecular complexity index is 1430.